The molecular weight excluding hydrogens is 286 g/mol. The first-order valence-electron chi connectivity index (χ1n) is 7.12. The van der Waals surface area contributed by atoms with Crippen molar-refractivity contribution in [2.45, 2.75) is 51.3 Å². The van der Waals surface area contributed by atoms with Gasteiger partial charge in [0.2, 0.25) is 5.91 Å². The monoisotopic (exact) mass is 311 g/mol. The van der Waals surface area contributed by atoms with Crippen LogP contribution in [0.15, 0.2) is 23.1 Å². The summed E-state index contributed by atoms with van der Waals surface area (Å²) < 4.78 is 24.9. The van der Waals surface area contributed by atoms with Crippen molar-refractivity contribution in [1.82, 2.24) is 5.32 Å². The van der Waals surface area contributed by atoms with Crippen LogP contribution in [-0.2, 0) is 20.0 Å². The number of sulfone groups is 1. The zero-order valence-electron chi connectivity index (χ0n) is 13.5. The van der Waals surface area contributed by atoms with Gasteiger partial charge < -0.3 is 5.32 Å². The molecule has 0 aromatic heterocycles. The molecule has 0 fully saturated rings. The van der Waals surface area contributed by atoms with Crippen molar-refractivity contribution in [2.24, 2.45) is 0 Å². The first-order valence-corrected chi connectivity index (χ1v) is 8.77. The lowest BCUT2D eigenvalue weighted by Crippen LogP contribution is -2.23. The lowest BCUT2D eigenvalue weighted by atomic mass is 9.87. The summed E-state index contributed by atoms with van der Waals surface area (Å²) >= 11 is 0. The predicted molar refractivity (Wildman–Crippen MR) is 85.2 cm³/mol. The predicted octanol–water partition coefficient (Wildman–Crippen LogP) is 2.59. The van der Waals surface area contributed by atoms with Crippen LogP contribution in [0, 0.1) is 6.92 Å². The highest BCUT2D eigenvalue weighted by Gasteiger charge is 2.21. The van der Waals surface area contributed by atoms with E-state index in [4.69, 9.17) is 0 Å². The van der Waals surface area contributed by atoms with Gasteiger partial charge in [-0.15, -0.1) is 0 Å². The molecule has 1 amide bonds. The van der Waals surface area contributed by atoms with Crippen LogP contribution in [0.25, 0.3) is 0 Å². The largest absolute Gasteiger partial charge is 0.356 e. The lowest BCUT2D eigenvalue weighted by Gasteiger charge is -2.20. The number of aryl methyl sites for hydroxylation is 1. The van der Waals surface area contributed by atoms with E-state index in [0.717, 1.165) is 11.1 Å². The number of carbonyl (C=O) groups excluding carboxylic acids is 1. The molecule has 0 aliphatic heterocycles. The molecule has 0 saturated carbocycles. The number of nitrogens with one attached hydrogen (secondary N) is 1. The molecule has 1 aromatic rings. The fourth-order valence-electron chi connectivity index (χ4n) is 2.04. The second-order valence-electron chi connectivity index (χ2n) is 6.39. The molecule has 0 atom stereocenters. The quantitative estimate of drug-likeness (QED) is 0.850. The van der Waals surface area contributed by atoms with Crippen molar-refractivity contribution in [2.75, 3.05) is 12.3 Å². The lowest BCUT2D eigenvalue weighted by molar-refractivity contribution is -0.118. The standard InChI is InChI=1S/C16H25NO3S/c1-12-7-8-14(16(3,4)5)11-15(12)21(19,20)10-6-9-17-13(2)18/h7-8,11H,6,9-10H2,1-5H3,(H,17,18). The van der Waals surface area contributed by atoms with E-state index in [1.807, 2.05) is 19.1 Å². The molecule has 21 heavy (non-hydrogen) atoms. The third kappa shape index (κ3) is 5.16. The molecule has 0 spiro atoms. The Morgan fingerprint density at radius 3 is 2.38 bits per heavy atom. The minimum atomic E-state index is -3.32. The number of carbonyl (C=O) groups is 1. The van der Waals surface area contributed by atoms with E-state index in [2.05, 4.69) is 26.1 Å². The van der Waals surface area contributed by atoms with E-state index < -0.39 is 9.84 Å². The molecule has 4 nitrogen and oxygen atoms in total. The Balaban J connectivity index is 2.95. The number of hydrogen-bond acceptors (Lipinski definition) is 3. The minimum absolute atomic E-state index is 0.0434. The van der Waals surface area contributed by atoms with Crippen LogP contribution < -0.4 is 5.32 Å². The second kappa shape index (κ2) is 6.60. The van der Waals surface area contributed by atoms with Crippen molar-refractivity contribution < 1.29 is 13.2 Å². The van der Waals surface area contributed by atoms with Crippen molar-refractivity contribution in [3.05, 3.63) is 29.3 Å². The van der Waals surface area contributed by atoms with E-state index in [1.165, 1.54) is 6.92 Å². The average molecular weight is 311 g/mol. The summed E-state index contributed by atoms with van der Waals surface area (Å²) in [5.41, 5.74) is 1.69. The van der Waals surface area contributed by atoms with E-state index >= 15 is 0 Å². The number of rotatable bonds is 5. The Morgan fingerprint density at radius 1 is 1.24 bits per heavy atom. The van der Waals surface area contributed by atoms with Gasteiger partial charge in [-0.05, 0) is 36.0 Å². The Kier molecular flexibility index (Phi) is 5.56. The van der Waals surface area contributed by atoms with Gasteiger partial charge in [-0.3, -0.25) is 4.79 Å². The number of benzene rings is 1. The second-order valence-corrected chi connectivity index (χ2v) is 8.46. The Labute approximate surface area is 127 Å². The SMILES string of the molecule is CC(=O)NCCCS(=O)(=O)c1cc(C(C)(C)C)ccc1C. The van der Waals surface area contributed by atoms with E-state index in [0.29, 0.717) is 17.9 Å². The van der Waals surface area contributed by atoms with Crippen LogP contribution in [0.5, 0.6) is 0 Å². The molecule has 5 heteroatoms. The summed E-state index contributed by atoms with van der Waals surface area (Å²) in [6.07, 6.45) is 0.418. The molecule has 1 N–H and O–H groups in total. The third-order valence-electron chi connectivity index (χ3n) is 3.35. The van der Waals surface area contributed by atoms with Gasteiger partial charge in [0, 0.05) is 13.5 Å². The molecular formula is C16H25NO3S. The fourth-order valence-corrected chi connectivity index (χ4v) is 3.65. The molecule has 0 heterocycles. The van der Waals surface area contributed by atoms with Gasteiger partial charge in [0.1, 0.15) is 0 Å². The van der Waals surface area contributed by atoms with Gasteiger partial charge in [0.05, 0.1) is 10.6 Å². The molecule has 0 aliphatic rings. The molecule has 118 valence electrons. The Hall–Kier alpha value is -1.36. The normalized spacial score (nSPS) is 12.2. The van der Waals surface area contributed by atoms with Crippen LogP contribution in [0.2, 0.25) is 0 Å². The maximum absolute atomic E-state index is 12.5. The molecule has 0 saturated heterocycles. The molecule has 1 rings (SSSR count). The first kappa shape index (κ1) is 17.7. The molecule has 0 radical (unpaired) electrons. The molecule has 0 bridgehead atoms. The highest BCUT2D eigenvalue weighted by molar-refractivity contribution is 7.91. The van der Waals surface area contributed by atoms with Gasteiger partial charge in [-0.25, -0.2) is 8.42 Å². The maximum atomic E-state index is 12.5. The number of amides is 1. The zero-order valence-corrected chi connectivity index (χ0v) is 14.3. The highest BCUT2D eigenvalue weighted by Crippen LogP contribution is 2.27. The van der Waals surface area contributed by atoms with Crippen molar-refractivity contribution in [3.63, 3.8) is 0 Å². The smallest absolute Gasteiger partial charge is 0.216 e. The van der Waals surface area contributed by atoms with Gasteiger partial charge in [0.25, 0.3) is 0 Å². The fraction of sp³-hybridized carbons (Fsp3) is 0.562. The summed E-state index contributed by atoms with van der Waals surface area (Å²) in [6.45, 7) is 9.80. The maximum Gasteiger partial charge on any atom is 0.216 e. The van der Waals surface area contributed by atoms with Crippen molar-refractivity contribution in [1.29, 1.82) is 0 Å². The topological polar surface area (TPSA) is 63.2 Å². The van der Waals surface area contributed by atoms with E-state index in [-0.39, 0.29) is 17.1 Å². The van der Waals surface area contributed by atoms with Gasteiger partial charge >= 0.3 is 0 Å². The Morgan fingerprint density at radius 2 is 1.86 bits per heavy atom. The van der Waals surface area contributed by atoms with Gasteiger partial charge in [0.15, 0.2) is 9.84 Å². The van der Waals surface area contributed by atoms with Crippen LogP contribution in [0.3, 0.4) is 0 Å². The van der Waals surface area contributed by atoms with Crippen molar-refractivity contribution >= 4 is 15.7 Å². The highest BCUT2D eigenvalue weighted by atomic mass is 32.2. The van der Waals surface area contributed by atoms with E-state index in [9.17, 15) is 13.2 Å². The Bertz CT molecular complexity index is 613. The van der Waals surface area contributed by atoms with E-state index in [1.54, 1.807) is 6.07 Å². The average Bonchev–Trinajstić information content (AvgIpc) is 2.33. The van der Waals surface area contributed by atoms with Crippen LogP contribution in [-0.4, -0.2) is 26.6 Å². The number of hydrogen-bond donors (Lipinski definition) is 1. The first-order chi connectivity index (χ1) is 9.54. The minimum Gasteiger partial charge on any atom is -0.356 e. The summed E-state index contributed by atoms with van der Waals surface area (Å²) in [5.74, 6) is -0.0971. The van der Waals surface area contributed by atoms with Crippen LogP contribution >= 0.6 is 0 Å². The zero-order chi connectivity index (χ0) is 16.3. The molecule has 0 unspecified atom stereocenters. The summed E-state index contributed by atoms with van der Waals surface area (Å²) in [5, 5.41) is 2.62. The van der Waals surface area contributed by atoms with Gasteiger partial charge in [-0.1, -0.05) is 32.9 Å². The summed E-state index contributed by atoms with van der Waals surface area (Å²) in [4.78, 5) is 11.2. The molecule has 1 aromatic carbocycles. The molecule has 0 aliphatic carbocycles. The van der Waals surface area contributed by atoms with Crippen LogP contribution in [0.1, 0.15) is 45.2 Å². The van der Waals surface area contributed by atoms with Crippen LogP contribution in [0.4, 0.5) is 0 Å². The summed E-state index contributed by atoms with van der Waals surface area (Å²) in [7, 11) is -3.32. The summed E-state index contributed by atoms with van der Waals surface area (Å²) in [6, 6.07) is 5.62. The van der Waals surface area contributed by atoms with Crippen molar-refractivity contribution in [3.8, 4) is 0 Å². The third-order valence-corrected chi connectivity index (χ3v) is 5.29. The van der Waals surface area contributed by atoms with Gasteiger partial charge in [-0.2, -0.15) is 0 Å².